The highest BCUT2D eigenvalue weighted by atomic mass is 35.5. The number of rotatable bonds is 4. The first kappa shape index (κ1) is 20.5. The Bertz CT molecular complexity index is 781. The Morgan fingerprint density at radius 1 is 1.11 bits per heavy atom. The quantitative estimate of drug-likeness (QED) is 0.590. The summed E-state index contributed by atoms with van der Waals surface area (Å²) < 4.78 is 5.93. The van der Waals surface area contributed by atoms with Gasteiger partial charge in [0.05, 0.1) is 0 Å². The van der Waals surface area contributed by atoms with Crippen molar-refractivity contribution in [3.05, 3.63) is 58.6 Å². The molecule has 0 aromatic heterocycles. The highest BCUT2D eigenvalue weighted by Crippen LogP contribution is 2.30. The topological polar surface area (TPSA) is 116 Å². The first-order valence-corrected chi connectivity index (χ1v) is 8.63. The number of halogens is 1. The molecule has 27 heavy (non-hydrogen) atoms. The molecule has 1 unspecified atom stereocenters. The van der Waals surface area contributed by atoms with E-state index in [1.54, 1.807) is 12.1 Å². The van der Waals surface area contributed by atoms with Crippen LogP contribution in [0.1, 0.15) is 17.5 Å². The van der Waals surface area contributed by atoms with Gasteiger partial charge >= 0.3 is 11.9 Å². The van der Waals surface area contributed by atoms with Crippen LogP contribution in [-0.2, 0) is 22.6 Å². The fraction of sp³-hybridized carbons (Fsp3) is 0.263. The van der Waals surface area contributed by atoms with E-state index in [4.69, 9.17) is 36.1 Å². The summed E-state index contributed by atoms with van der Waals surface area (Å²) in [5, 5.41) is 28.5. The van der Waals surface area contributed by atoms with Crippen LogP contribution in [0.4, 0.5) is 0 Å². The van der Waals surface area contributed by atoms with Gasteiger partial charge in [0.25, 0.3) is 0 Å². The van der Waals surface area contributed by atoms with E-state index in [0.717, 1.165) is 36.7 Å². The smallest absolute Gasteiger partial charge is 0.414 e. The summed E-state index contributed by atoms with van der Waals surface area (Å²) in [6, 6.07) is 13.2. The Kier molecular flexibility index (Phi) is 7.45. The molecule has 1 aliphatic rings. The summed E-state index contributed by atoms with van der Waals surface area (Å²) in [5.74, 6) is -2.59. The monoisotopic (exact) mass is 393 g/mol. The van der Waals surface area contributed by atoms with Gasteiger partial charge in [0.15, 0.2) is 0 Å². The minimum atomic E-state index is -1.82. The molecular formula is C19H20ClNO6. The van der Waals surface area contributed by atoms with Crippen molar-refractivity contribution in [3.8, 4) is 11.5 Å². The lowest BCUT2D eigenvalue weighted by molar-refractivity contribution is -0.159. The van der Waals surface area contributed by atoms with Crippen molar-refractivity contribution < 1.29 is 29.6 Å². The molecule has 0 saturated heterocycles. The predicted molar refractivity (Wildman–Crippen MR) is 99.3 cm³/mol. The fourth-order valence-electron chi connectivity index (χ4n) is 2.54. The Labute approximate surface area is 161 Å². The van der Waals surface area contributed by atoms with Crippen molar-refractivity contribution >= 4 is 23.5 Å². The summed E-state index contributed by atoms with van der Waals surface area (Å²) in [6.45, 7) is 1.58. The van der Waals surface area contributed by atoms with Gasteiger partial charge in [-0.3, -0.25) is 0 Å². The molecule has 3 rings (SSSR count). The Morgan fingerprint density at radius 2 is 1.78 bits per heavy atom. The molecule has 1 heterocycles. The van der Waals surface area contributed by atoms with Crippen molar-refractivity contribution in [1.82, 2.24) is 5.32 Å². The number of hydrogen-bond donors (Lipinski definition) is 4. The number of carbonyl (C=O) groups is 2. The maximum Gasteiger partial charge on any atom is 0.414 e. The number of phenolic OH excluding ortho intramolecular Hbond substituents is 1. The van der Waals surface area contributed by atoms with Crippen LogP contribution < -0.4 is 10.1 Å². The molecule has 1 atom stereocenters. The number of phenols is 1. The number of aliphatic carboxylic acids is 2. The average molecular weight is 394 g/mol. The van der Waals surface area contributed by atoms with Crippen molar-refractivity contribution in [2.75, 3.05) is 6.54 Å². The minimum Gasteiger partial charge on any atom is -0.508 e. The highest BCUT2D eigenvalue weighted by Gasteiger charge is 2.19. The second-order valence-electron chi connectivity index (χ2n) is 5.94. The third-order valence-electron chi connectivity index (χ3n) is 3.88. The standard InChI is InChI=1S/C17H18ClNO2.C2H2O4/c18-14-5-1-12(2-6-14)10-19-11-16-8-4-13-3-7-15(20)9-17(13)21-16;3-1(4)2(5)6/h1-3,5-7,9,16,19-20H,4,8,10-11H2;(H,3,4)(H,5,6). The van der Waals surface area contributed by atoms with Gasteiger partial charge in [-0.1, -0.05) is 29.8 Å². The summed E-state index contributed by atoms with van der Waals surface area (Å²) in [4.78, 5) is 18.2. The van der Waals surface area contributed by atoms with Gasteiger partial charge in [0.1, 0.15) is 17.6 Å². The zero-order valence-corrected chi connectivity index (χ0v) is 15.1. The summed E-state index contributed by atoms with van der Waals surface area (Å²) >= 11 is 5.87. The molecule has 0 amide bonds. The molecule has 1 aliphatic heterocycles. The van der Waals surface area contributed by atoms with Crippen molar-refractivity contribution in [2.24, 2.45) is 0 Å². The number of aromatic hydroxyl groups is 1. The summed E-state index contributed by atoms with van der Waals surface area (Å²) in [6.07, 6.45) is 2.13. The molecule has 0 fully saturated rings. The van der Waals surface area contributed by atoms with Gasteiger partial charge in [-0.05, 0) is 42.2 Å². The second kappa shape index (κ2) is 9.80. The van der Waals surface area contributed by atoms with E-state index in [-0.39, 0.29) is 11.9 Å². The molecular weight excluding hydrogens is 374 g/mol. The number of aryl methyl sites for hydroxylation is 1. The molecule has 2 aromatic carbocycles. The van der Waals surface area contributed by atoms with E-state index in [0.29, 0.717) is 0 Å². The van der Waals surface area contributed by atoms with Gasteiger partial charge in [0, 0.05) is 24.2 Å². The van der Waals surface area contributed by atoms with E-state index >= 15 is 0 Å². The number of nitrogens with one attached hydrogen (secondary N) is 1. The van der Waals surface area contributed by atoms with Crippen LogP contribution in [0.3, 0.4) is 0 Å². The van der Waals surface area contributed by atoms with Crippen LogP contribution in [0.25, 0.3) is 0 Å². The number of carboxylic acid groups (broad SMARTS) is 2. The zero-order chi connectivity index (χ0) is 19.8. The molecule has 0 radical (unpaired) electrons. The zero-order valence-electron chi connectivity index (χ0n) is 14.4. The molecule has 0 aliphatic carbocycles. The molecule has 7 nitrogen and oxygen atoms in total. The second-order valence-corrected chi connectivity index (χ2v) is 6.37. The van der Waals surface area contributed by atoms with Crippen LogP contribution in [0.15, 0.2) is 42.5 Å². The minimum absolute atomic E-state index is 0.145. The molecule has 144 valence electrons. The van der Waals surface area contributed by atoms with Crippen LogP contribution in [0, 0.1) is 0 Å². The van der Waals surface area contributed by atoms with Gasteiger partial charge in [-0.25, -0.2) is 9.59 Å². The highest BCUT2D eigenvalue weighted by molar-refractivity contribution is 6.30. The fourth-order valence-corrected chi connectivity index (χ4v) is 2.66. The first-order valence-electron chi connectivity index (χ1n) is 8.25. The van der Waals surface area contributed by atoms with Gasteiger partial charge in [-0.15, -0.1) is 0 Å². The lowest BCUT2D eigenvalue weighted by Gasteiger charge is -2.26. The van der Waals surface area contributed by atoms with Crippen LogP contribution in [-0.4, -0.2) is 39.9 Å². The van der Waals surface area contributed by atoms with Crippen LogP contribution in [0.2, 0.25) is 5.02 Å². The van der Waals surface area contributed by atoms with Gasteiger partial charge in [0.2, 0.25) is 0 Å². The lowest BCUT2D eigenvalue weighted by Crippen LogP contribution is -2.33. The Balaban J connectivity index is 0.000000380. The summed E-state index contributed by atoms with van der Waals surface area (Å²) in [5.41, 5.74) is 2.37. The molecule has 0 spiro atoms. The number of hydrogen-bond acceptors (Lipinski definition) is 5. The SMILES string of the molecule is O=C(O)C(=O)O.Oc1ccc2c(c1)OC(CNCc1ccc(Cl)cc1)CC2. The predicted octanol–water partition coefficient (Wildman–Crippen LogP) is 2.68. The Hall–Kier alpha value is -2.77. The average Bonchev–Trinajstić information content (AvgIpc) is 2.63. The normalized spacial score (nSPS) is 14.9. The molecule has 0 bridgehead atoms. The third-order valence-corrected chi connectivity index (χ3v) is 4.13. The van der Waals surface area contributed by atoms with Crippen LogP contribution in [0.5, 0.6) is 11.5 Å². The maximum absolute atomic E-state index is 9.52. The van der Waals surface area contributed by atoms with Gasteiger partial charge in [-0.2, -0.15) is 0 Å². The molecule has 4 N–H and O–H groups in total. The van der Waals surface area contributed by atoms with E-state index in [1.807, 2.05) is 30.3 Å². The third kappa shape index (κ3) is 6.80. The van der Waals surface area contributed by atoms with E-state index in [2.05, 4.69) is 5.32 Å². The molecule has 8 heteroatoms. The van der Waals surface area contributed by atoms with Crippen molar-refractivity contribution in [3.63, 3.8) is 0 Å². The van der Waals surface area contributed by atoms with Crippen molar-refractivity contribution in [2.45, 2.75) is 25.5 Å². The van der Waals surface area contributed by atoms with E-state index < -0.39 is 11.9 Å². The van der Waals surface area contributed by atoms with Crippen molar-refractivity contribution in [1.29, 1.82) is 0 Å². The van der Waals surface area contributed by atoms with E-state index in [9.17, 15) is 5.11 Å². The molecule has 2 aromatic rings. The first-order chi connectivity index (χ1) is 12.8. The Morgan fingerprint density at radius 3 is 2.41 bits per heavy atom. The molecule has 0 saturated carbocycles. The number of fused-ring (bicyclic) bond motifs is 1. The number of benzene rings is 2. The summed E-state index contributed by atoms with van der Waals surface area (Å²) in [7, 11) is 0. The number of ether oxygens (including phenoxy) is 1. The number of carboxylic acids is 2. The van der Waals surface area contributed by atoms with E-state index in [1.165, 1.54) is 11.1 Å². The lowest BCUT2D eigenvalue weighted by atomic mass is 10.0. The largest absolute Gasteiger partial charge is 0.508 e. The van der Waals surface area contributed by atoms with Crippen LogP contribution >= 0.6 is 11.6 Å². The van der Waals surface area contributed by atoms with Gasteiger partial charge < -0.3 is 25.4 Å². The maximum atomic E-state index is 9.52.